The molecule has 2 rings (SSSR count). The van der Waals surface area contributed by atoms with E-state index >= 15 is 0 Å². The standard InChI is InChI=1S/C15H25N3O/c1-15(2)6-5-14(19)13(7-15)11-17(3)9-12-8-16-18(4)10-12/h8,10,13H,5-7,9,11H2,1-4H3. The average Bonchev–Trinajstić information content (AvgIpc) is 2.69. The SMILES string of the molecule is CN(Cc1cnn(C)c1)CC1CC(C)(C)CCC1=O. The lowest BCUT2D eigenvalue weighted by Crippen LogP contribution is -2.37. The quantitative estimate of drug-likeness (QED) is 0.836. The highest BCUT2D eigenvalue weighted by Crippen LogP contribution is 2.37. The summed E-state index contributed by atoms with van der Waals surface area (Å²) in [6.07, 6.45) is 6.72. The molecule has 19 heavy (non-hydrogen) atoms. The zero-order valence-electron chi connectivity index (χ0n) is 12.5. The topological polar surface area (TPSA) is 38.1 Å². The van der Waals surface area contributed by atoms with Gasteiger partial charge in [0, 0.05) is 44.2 Å². The molecule has 0 spiro atoms. The van der Waals surface area contributed by atoms with Crippen LogP contribution in [0.4, 0.5) is 0 Å². The molecule has 0 radical (unpaired) electrons. The van der Waals surface area contributed by atoms with Gasteiger partial charge >= 0.3 is 0 Å². The molecule has 0 amide bonds. The van der Waals surface area contributed by atoms with Gasteiger partial charge in [-0.1, -0.05) is 13.8 Å². The van der Waals surface area contributed by atoms with E-state index in [-0.39, 0.29) is 5.92 Å². The normalized spacial score (nSPS) is 23.0. The summed E-state index contributed by atoms with van der Waals surface area (Å²) >= 11 is 0. The highest BCUT2D eigenvalue weighted by molar-refractivity contribution is 5.82. The zero-order valence-corrected chi connectivity index (χ0v) is 12.5. The van der Waals surface area contributed by atoms with E-state index in [1.807, 2.05) is 24.1 Å². The molecule has 1 fully saturated rings. The Morgan fingerprint density at radius 1 is 1.53 bits per heavy atom. The molecule has 0 bridgehead atoms. The number of ketones is 1. The molecule has 0 aromatic carbocycles. The van der Waals surface area contributed by atoms with E-state index in [1.54, 1.807) is 0 Å². The van der Waals surface area contributed by atoms with Crippen molar-refractivity contribution < 1.29 is 4.79 Å². The van der Waals surface area contributed by atoms with Crippen molar-refractivity contribution in [2.24, 2.45) is 18.4 Å². The van der Waals surface area contributed by atoms with Crippen LogP contribution in [0.25, 0.3) is 0 Å². The molecule has 0 saturated heterocycles. The smallest absolute Gasteiger partial charge is 0.137 e. The predicted octanol–water partition coefficient (Wildman–Crippen LogP) is 2.25. The summed E-state index contributed by atoms with van der Waals surface area (Å²) in [5, 5.41) is 4.18. The van der Waals surface area contributed by atoms with Gasteiger partial charge in [-0.2, -0.15) is 5.10 Å². The van der Waals surface area contributed by atoms with E-state index < -0.39 is 0 Å². The van der Waals surface area contributed by atoms with Crippen LogP contribution in [-0.2, 0) is 18.4 Å². The Kier molecular flexibility index (Phi) is 4.09. The summed E-state index contributed by atoms with van der Waals surface area (Å²) in [4.78, 5) is 14.3. The van der Waals surface area contributed by atoms with Gasteiger partial charge in [0.05, 0.1) is 6.20 Å². The zero-order chi connectivity index (χ0) is 14.0. The van der Waals surface area contributed by atoms with Gasteiger partial charge in [0.25, 0.3) is 0 Å². The lowest BCUT2D eigenvalue weighted by molar-refractivity contribution is -0.127. The Balaban J connectivity index is 1.90. The van der Waals surface area contributed by atoms with E-state index in [4.69, 9.17) is 0 Å². The average molecular weight is 263 g/mol. The molecule has 106 valence electrons. The molecule has 1 aromatic rings. The van der Waals surface area contributed by atoms with Crippen LogP contribution < -0.4 is 0 Å². The van der Waals surface area contributed by atoms with Gasteiger partial charge in [0.2, 0.25) is 0 Å². The second-order valence-corrected chi connectivity index (χ2v) is 6.75. The molecular formula is C15H25N3O. The number of carbonyl (C=O) groups is 1. The van der Waals surface area contributed by atoms with Crippen molar-refractivity contribution in [2.45, 2.75) is 39.7 Å². The third kappa shape index (κ3) is 3.90. The van der Waals surface area contributed by atoms with Crippen LogP contribution in [0, 0.1) is 11.3 Å². The molecule has 0 N–H and O–H groups in total. The number of hydrogen-bond acceptors (Lipinski definition) is 3. The maximum atomic E-state index is 12.0. The molecule has 1 saturated carbocycles. The Hall–Kier alpha value is -1.16. The lowest BCUT2D eigenvalue weighted by atomic mass is 9.71. The van der Waals surface area contributed by atoms with Gasteiger partial charge in [0.15, 0.2) is 0 Å². The minimum Gasteiger partial charge on any atom is -0.301 e. The second kappa shape index (κ2) is 5.45. The van der Waals surface area contributed by atoms with E-state index in [9.17, 15) is 4.79 Å². The summed E-state index contributed by atoms with van der Waals surface area (Å²) in [7, 11) is 4.01. The van der Waals surface area contributed by atoms with Crippen molar-refractivity contribution in [3.8, 4) is 0 Å². The molecule has 1 atom stereocenters. The van der Waals surface area contributed by atoms with Crippen molar-refractivity contribution in [2.75, 3.05) is 13.6 Å². The summed E-state index contributed by atoms with van der Waals surface area (Å²) < 4.78 is 1.82. The molecule has 1 aromatic heterocycles. The second-order valence-electron chi connectivity index (χ2n) is 6.75. The van der Waals surface area contributed by atoms with Crippen molar-refractivity contribution in [1.29, 1.82) is 0 Å². The molecule has 1 heterocycles. The molecule has 1 aliphatic rings. The lowest BCUT2D eigenvalue weighted by Gasteiger charge is -2.35. The fraction of sp³-hybridized carbons (Fsp3) is 0.733. The van der Waals surface area contributed by atoms with Gasteiger partial charge in [0.1, 0.15) is 5.78 Å². The van der Waals surface area contributed by atoms with Gasteiger partial charge in [-0.25, -0.2) is 0 Å². The molecular weight excluding hydrogens is 238 g/mol. The van der Waals surface area contributed by atoms with Crippen molar-refractivity contribution >= 4 is 5.78 Å². The van der Waals surface area contributed by atoms with Crippen LogP contribution in [0.5, 0.6) is 0 Å². The number of nitrogens with zero attached hydrogens (tertiary/aromatic N) is 3. The van der Waals surface area contributed by atoms with E-state index in [0.29, 0.717) is 11.2 Å². The molecule has 4 heteroatoms. The molecule has 4 nitrogen and oxygen atoms in total. The van der Waals surface area contributed by atoms with Crippen LogP contribution >= 0.6 is 0 Å². The first-order chi connectivity index (χ1) is 8.85. The largest absolute Gasteiger partial charge is 0.301 e. The maximum absolute atomic E-state index is 12.0. The van der Waals surface area contributed by atoms with E-state index in [0.717, 1.165) is 32.4 Å². The highest BCUT2D eigenvalue weighted by atomic mass is 16.1. The van der Waals surface area contributed by atoms with Gasteiger partial charge in [-0.3, -0.25) is 9.48 Å². The highest BCUT2D eigenvalue weighted by Gasteiger charge is 2.33. The van der Waals surface area contributed by atoms with Crippen LogP contribution in [0.2, 0.25) is 0 Å². The number of Topliss-reactive ketones (excluding diaryl/α,β-unsaturated/α-hetero) is 1. The Labute approximate surface area is 115 Å². The minimum absolute atomic E-state index is 0.199. The molecule has 0 aliphatic heterocycles. The van der Waals surface area contributed by atoms with E-state index in [2.05, 4.69) is 30.9 Å². The van der Waals surface area contributed by atoms with Crippen LogP contribution in [0.1, 0.15) is 38.7 Å². The van der Waals surface area contributed by atoms with Gasteiger partial charge < -0.3 is 4.90 Å². The van der Waals surface area contributed by atoms with Crippen LogP contribution in [-0.4, -0.2) is 34.1 Å². The fourth-order valence-electron chi connectivity index (χ4n) is 3.02. The summed E-state index contributed by atoms with van der Waals surface area (Å²) in [6.45, 7) is 6.26. The van der Waals surface area contributed by atoms with Gasteiger partial charge in [-0.05, 0) is 25.3 Å². The Morgan fingerprint density at radius 2 is 2.26 bits per heavy atom. The summed E-state index contributed by atoms with van der Waals surface area (Å²) in [5.74, 6) is 0.641. The molecule has 1 aliphatic carbocycles. The van der Waals surface area contributed by atoms with Crippen LogP contribution in [0.3, 0.4) is 0 Å². The number of carbonyl (C=O) groups excluding carboxylic acids is 1. The number of aryl methyl sites for hydroxylation is 1. The van der Waals surface area contributed by atoms with Crippen molar-refractivity contribution in [3.63, 3.8) is 0 Å². The maximum Gasteiger partial charge on any atom is 0.137 e. The number of rotatable bonds is 4. The van der Waals surface area contributed by atoms with Crippen molar-refractivity contribution in [3.05, 3.63) is 18.0 Å². The Bertz CT molecular complexity index is 450. The minimum atomic E-state index is 0.199. The monoisotopic (exact) mass is 263 g/mol. The van der Waals surface area contributed by atoms with E-state index in [1.165, 1.54) is 5.56 Å². The first-order valence-electron chi connectivity index (χ1n) is 7.04. The Morgan fingerprint density at radius 3 is 2.89 bits per heavy atom. The summed E-state index contributed by atoms with van der Waals surface area (Å²) in [5.41, 5.74) is 1.51. The summed E-state index contributed by atoms with van der Waals surface area (Å²) in [6, 6.07) is 0. The first-order valence-corrected chi connectivity index (χ1v) is 7.04. The third-order valence-electron chi connectivity index (χ3n) is 4.05. The van der Waals surface area contributed by atoms with Gasteiger partial charge in [-0.15, -0.1) is 0 Å². The first kappa shape index (κ1) is 14.3. The predicted molar refractivity (Wildman–Crippen MR) is 75.7 cm³/mol. The number of hydrogen-bond donors (Lipinski definition) is 0. The fourth-order valence-corrected chi connectivity index (χ4v) is 3.02. The number of aromatic nitrogens is 2. The third-order valence-corrected chi connectivity index (χ3v) is 4.05. The van der Waals surface area contributed by atoms with Crippen LogP contribution in [0.15, 0.2) is 12.4 Å². The van der Waals surface area contributed by atoms with Crippen molar-refractivity contribution in [1.82, 2.24) is 14.7 Å². The molecule has 1 unspecified atom stereocenters.